The Hall–Kier alpha value is -2.71. The zero-order valence-electron chi connectivity index (χ0n) is 14.0. The summed E-state index contributed by atoms with van der Waals surface area (Å²) in [7, 11) is -2.09. The van der Waals surface area contributed by atoms with Crippen LogP contribution in [0, 0.1) is 0 Å². The van der Waals surface area contributed by atoms with Crippen LogP contribution in [0.5, 0.6) is 0 Å². The Bertz CT molecular complexity index is 970. The van der Waals surface area contributed by atoms with E-state index in [1.165, 1.54) is 22.7 Å². The molecule has 0 radical (unpaired) electrons. The number of hydrogen-bond acceptors (Lipinski definition) is 5. The fourth-order valence-electron chi connectivity index (χ4n) is 2.29. The Kier molecular flexibility index (Phi) is 5.34. The number of carbonyl (C=O) groups excluding carboxylic acids is 1. The van der Waals surface area contributed by atoms with E-state index < -0.39 is 10.0 Å². The Labute approximate surface area is 156 Å². The molecule has 0 spiro atoms. The van der Waals surface area contributed by atoms with Crippen molar-refractivity contribution in [1.82, 2.24) is 10.3 Å². The molecule has 1 amide bonds. The summed E-state index contributed by atoms with van der Waals surface area (Å²) in [4.78, 5) is 16.2. The van der Waals surface area contributed by atoms with Gasteiger partial charge in [0, 0.05) is 31.5 Å². The highest BCUT2D eigenvalue weighted by Crippen LogP contribution is 2.25. The number of carbonyl (C=O) groups is 1. The van der Waals surface area contributed by atoms with E-state index >= 15 is 0 Å². The van der Waals surface area contributed by atoms with Crippen LogP contribution in [0.25, 0.3) is 0 Å². The molecule has 0 unspecified atom stereocenters. The quantitative estimate of drug-likeness (QED) is 0.705. The molecular weight excluding hydrogens is 370 g/mol. The van der Waals surface area contributed by atoms with Gasteiger partial charge in [0.1, 0.15) is 4.21 Å². The van der Waals surface area contributed by atoms with E-state index in [0.29, 0.717) is 17.8 Å². The lowest BCUT2D eigenvalue weighted by atomic mass is 10.2. The van der Waals surface area contributed by atoms with E-state index in [0.717, 1.165) is 5.56 Å². The van der Waals surface area contributed by atoms with Crippen molar-refractivity contribution in [3.05, 3.63) is 77.4 Å². The molecule has 8 heteroatoms. The SMILES string of the molecule is CN(c1ccc(C(=O)NCc2ccncc2)cc1)S(=O)(=O)c1cccs1. The van der Waals surface area contributed by atoms with Gasteiger partial charge in [0.2, 0.25) is 0 Å². The summed E-state index contributed by atoms with van der Waals surface area (Å²) >= 11 is 1.17. The largest absolute Gasteiger partial charge is 0.348 e. The van der Waals surface area contributed by atoms with Crippen LogP contribution in [0.4, 0.5) is 5.69 Å². The monoisotopic (exact) mass is 387 g/mol. The molecule has 0 aliphatic rings. The highest BCUT2D eigenvalue weighted by Gasteiger charge is 2.22. The van der Waals surface area contributed by atoms with E-state index in [1.54, 1.807) is 54.2 Å². The maximum atomic E-state index is 12.5. The topological polar surface area (TPSA) is 79.4 Å². The normalized spacial score (nSPS) is 11.1. The van der Waals surface area contributed by atoms with Gasteiger partial charge < -0.3 is 5.32 Å². The van der Waals surface area contributed by atoms with Crippen molar-refractivity contribution in [1.29, 1.82) is 0 Å². The standard InChI is InChI=1S/C18H17N3O3S2/c1-21(26(23,24)17-3-2-12-25-17)16-6-4-15(5-7-16)18(22)20-13-14-8-10-19-11-9-14/h2-12H,13H2,1H3,(H,20,22). The van der Waals surface area contributed by atoms with Crippen molar-refractivity contribution in [3.8, 4) is 0 Å². The number of anilines is 1. The van der Waals surface area contributed by atoms with Crippen LogP contribution in [0.3, 0.4) is 0 Å². The second kappa shape index (κ2) is 7.67. The zero-order chi connectivity index (χ0) is 18.6. The molecule has 0 aliphatic carbocycles. The Balaban J connectivity index is 1.69. The van der Waals surface area contributed by atoms with Crippen LogP contribution >= 0.6 is 11.3 Å². The average Bonchev–Trinajstić information content (AvgIpc) is 3.22. The third-order valence-electron chi connectivity index (χ3n) is 3.81. The highest BCUT2D eigenvalue weighted by atomic mass is 32.2. The van der Waals surface area contributed by atoms with Crippen LogP contribution in [0.2, 0.25) is 0 Å². The van der Waals surface area contributed by atoms with Crippen molar-refractivity contribution >= 4 is 33.0 Å². The van der Waals surface area contributed by atoms with E-state index in [1.807, 2.05) is 12.1 Å². The maximum absolute atomic E-state index is 12.5. The second-order valence-corrected chi connectivity index (χ2v) is 8.63. The first-order valence-corrected chi connectivity index (χ1v) is 10.1. The number of pyridine rings is 1. The lowest BCUT2D eigenvalue weighted by Gasteiger charge is -2.18. The molecule has 6 nitrogen and oxygen atoms in total. The van der Waals surface area contributed by atoms with E-state index in [2.05, 4.69) is 10.3 Å². The van der Waals surface area contributed by atoms with E-state index in [4.69, 9.17) is 0 Å². The highest BCUT2D eigenvalue weighted by molar-refractivity contribution is 7.94. The summed E-state index contributed by atoms with van der Waals surface area (Å²) in [5.74, 6) is -0.225. The molecule has 0 fully saturated rings. The lowest BCUT2D eigenvalue weighted by molar-refractivity contribution is 0.0951. The number of nitrogens with one attached hydrogen (secondary N) is 1. The van der Waals surface area contributed by atoms with E-state index in [-0.39, 0.29) is 10.1 Å². The van der Waals surface area contributed by atoms with Gasteiger partial charge in [0.25, 0.3) is 15.9 Å². The van der Waals surface area contributed by atoms with Gasteiger partial charge in [-0.05, 0) is 53.4 Å². The first kappa shape index (κ1) is 18.1. The molecule has 0 atom stereocenters. The van der Waals surface area contributed by atoms with Crippen molar-refractivity contribution < 1.29 is 13.2 Å². The summed E-state index contributed by atoms with van der Waals surface area (Å²) in [6.07, 6.45) is 3.33. The number of hydrogen-bond donors (Lipinski definition) is 1. The molecule has 0 saturated carbocycles. The van der Waals surface area contributed by atoms with Gasteiger partial charge >= 0.3 is 0 Å². The predicted octanol–water partition coefficient (Wildman–Crippen LogP) is 2.90. The van der Waals surface area contributed by atoms with Crippen molar-refractivity contribution in [2.45, 2.75) is 10.8 Å². The number of aromatic nitrogens is 1. The van der Waals surface area contributed by atoms with Crippen LogP contribution in [-0.2, 0) is 16.6 Å². The van der Waals surface area contributed by atoms with E-state index in [9.17, 15) is 13.2 Å². The Morgan fingerprint density at radius 3 is 2.42 bits per heavy atom. The molecule has 26 heavy (non-hydrogen) atoms. The van der Waals surface area contributed by atoms with Crippen molar-refractivity contribution in [3.63, 3.8) is 0 Å². The van der Waals surface area contributed by atoms with Crippen LogP contribution in [-0.4, -0.2) is 26.4 Å². The van der Waals surface area contributed by atoms with Gasteiger partial charge in [-0.1, -0.05) is 6.07 Å². The molecule has 3 aromatic rings. The summed E-state index contributed by atoms with van der Waals surface area (Å²) < 4.78 is 26.5. The number of nitrogens with zero attached hydrogens (tertiary/aromatic N) is 2. The smallest absolute Gasteiger partial charge is 0.273 e. The molecule has 134 valence electrons. The number of rotatable bonds is 6. The van der Waals surface area contributed by atoms with Gasteiger partial charge in [-0.25, -0.2) is 8.42 Å². The first-order valence-electron chi connectivity index (χ1n) is 7.78. The molecule has 0 bridgehead atoms. The molecule has 0 aliphatic heterocycles. The number of benzene rings is 1. The lowest BCUT2D eigenvalue weighted by Crippen LogP contribution is -2.26. The fourth-order valence-corrected chi connectivity index (χ4v) is 4.65. The predicted molar refractivity (Wildman–Crippen MR) is 102 cm³/mol. The van der Waals surface area contributed by atoms with Gasteiger partial charge in [0.15, 0.2) is 0 Å². The number of thiophene rings is 1. The van der Waals surface area contributed by atoms with Gasteiger partial charge in [-0.2, -0.15) is 0 Å². The third-order valence-corrected chi connectivity index (χ3v) is 6.96. The maximum Gasteiger partial charge on any atom is 0.273 e. The average molecular weight is 387 g/mol. The molecule has 2 aromatic heterocycles. The van der Waals surface area contributed by atoms with Gasteiger partial charge in [-0.15, -0.1) is 11.3 Å². The van der Waals surface area contributed by atoms with Crippen LogP contribution in [0.15, 0.2) is 70.5 Å². The Morgan fingerprint density at radius 2 is 1.81 bits per heavy atom. The number of amides is 1. The second-order valence-electron chi connectivity index (χ2n) is 5.49. The fraction of sp³-hybridized carbons (Fsp3) is 0.111. The summed E-state index contributed by atoms with van der Waals surface area (Å²) in [6, 6.07) is 13.4. The van der Waals surface area contributed by atoms with Crippen LogP contribution < -0.4 is 9.62 Å². The zero-order valence-corrected chi connectivity index (χ0v) is 15.6. The molecule has 1 N–H and O–H groups in total. The minimum absolute atomic E-state index is 0.225. The minimum Gasteiger partial charge on any atom is -0.348 e. The molecular formula is C18H17N3O3S2. The Morgan fingerprint density at radius 1 is 1.12 bits per heavy atom. The third kappa shape index (κ3) is 3.92. The molecule has 0 saturated heterocycles. The van der Waals surface area contributed by atoms with Gasteiger partial charge in [-0.3, -0.25) is 14.1 Å². The molecule has 3 rings (SSSR count). The molecule has 1 aromatic carbocycles. The van der Waals surface area contributed by atoms with Crippen LogP contribution in [0.1, 0.15) is 15.9 Å². The first-order chi connectivity index (χ1) is 12.5. The van der Waals surface area contributed by atoms with Crippen molar-refractivity contribution in [2.75, 3.05) is 11.4 Å². The summed E-state index contributed by atoms with van der Waals surface area (Å²) in [6.45, 7) is 0.399. The summed E-state index contributed by atoms with van der Waals surface area (Å²) in [5.41, 5.74) is 1.90. The molecule has 2 heterocycles. The van der Waals surface area contributed by atoms with Gasteiger partial charge in [0.05, 0.1) is 5.69 Å². The summed E-state index contributed by atoms with van der Waals surface area (Å²) in [5, 5.41) is 4.54. The minimum atomic E-state index is -3.58. The van der Waals surface area contributed by atoms with Crippen molar-refractivity contribution in [2.24, 2.45) is 0 Å². The number of sulfonamides is 1.